The summed E-state index contributed by atoms with van der Waals surface area (Å²) in [5, 5.41) is 8.05. The maximum absolute atomic E-state index is 12.8. The van der Waals surface area contributed by atoms with Gasteiger partial charge in [0.1, 0.15) is 12.6 Å². The molecule has 5 N–H and O–H groups in total. The lowest BCUT2D eigenvalue weighted by Gasteiger charge is -2.22. The number of nitrogens with one attached hydrogen (secondary N) is 3. The smallest absolute Gasteiger partial charge is 0.312 e. The molecule has 9 heteroatoms. The lowest BCUT2D eigenvalue weighted by atomic mass is 9.96. The molecule has 0 aromatic heterocycles. The first kappa shape index (κ1) is 24.9. The van der Waals surface area contributed by atoms with Crippen molar-refractivity contribution in [2.45, 2.75) is 53.2 Å². The minimum absolute atomic E-state index is 0.134. The van der Waals surface area contributed by atoms with E-state index in [9.17, 15) is 19.2 Å². The van der Waals surface area contributed by atoms with Gasteiger partial charge in [-0.1, -0.05) is 32.9 Å². The molecule has 2 atom stereocenters. The molecule has 0 radical (unpaired) electrons. The SMILES string of the molecule is CC(=O)OCc1ccc(NC(=O)[C@H](CCCNC(N)=O)NC(=O)[C@@H](C)C(C)C)cc1. The van der Waals surface area contributed by atoms with Crippen molar-refractivity contribution in [3.8, 4) is 0 Å². The third-order valence-electron chi connectivity index (χ3n) is 4.68. The van der Waals surface area contributed by atoms with Gasteiger partial charge in [0.25, 0.3) is 0 Å². The zero-order chi connectivity index (χ0) is 22.7. The fourth-order valence-corrected chi connectivity index (χ4v) is 2.49. The van der Waals surface area contributed by atoms with Gasteiger partial charge in [-0.15, -0.1) is 0 Å². The highest BCUT2D eigenvalue weighted by Crippen LogP contribution is 2.14. The maximum Gasteiger partial charge on any atom is 0.312 e. The summed E-state index contributed by atoms with van der Waals surface area (Å²) in [6, 6.07) is 5.48. The Bertz CT molecular complexity index is 733. The van der Waals surface area contributed by atoms with Gasteiger partial charge in [-0.05, 0) is 36.5 Å². The Morgan fingerprint density at radius 3 is 2.20 bits per heavy atom. The highest BCUT2D eigenvalue weighted by atomic mass is 16.5. The van der Waals surface area contributed by atoms with Crippen molar-refractivity contribution in [3.05, 3.63) is 29.8 Å². The standard InChI is InChI=1S/C21H32N4O5/c1-13(2)14(3)19(27)25-18(6-5-11-23-21(22)29)20(28)24-17-9-7-16(8-10-17)12-30-15(4)26/h7-10,13-14,18H,5-6,11-12H2,1-4H3,(H,24,28)(H,25,27)(H3,22,23,29)/t14-,18-/m0/s1. The molecular formula is C21H32N4O5. The Hall–Kier alpha value is -3.10. The molecule has 166 valence electrons. The number of hydrogen-bond acceptors (Lipinski definition) is 5. The van der Waals surface area contributed by atoms with Crippen LogP contribution in [-0.4, -0.2) is 36.4 Å². The summed E-state index contributed by atoms with van der Waals surface area (Å²) < 4.78 is 4.93. The summed E-state index contributed by atoms with van der Waals surface area (Å²) in [5.74, 6) is -1.04. The van der Waals surface area contributed by atoms with Crippen LogP contribution in [0.25, 0.3) is 0 Å². The Morgan fingerprint density at radius 1 is 1.03 bits per heavy atom. The Kier molecular flexibility index (Phi) is 10.4. The van der Waals surface area contributed by atoms with Crippen molar-refractivity contribution in [1.82, 2.24) is 10.6 Å². The van der Waals surface area contributed by atoms with Crippen LogP contribution in [-0.2, 0) is 25.7 Å². The zero-order valence-corrected chi connectivity index (χ0v) is 18.0. The van der Waals surface area contributed by atoms with Crippen LogP contribution in [0, 0.1) is 11.8 Å². The predicted octanol–water partition coefficient (Wildman–Crippen LogP) is 1.91. The van der Waals surface area contributed by atoms with Crippen molar-refractivity contribution in [1.29, 1.82) is 0 Å². The monoisotopic (exact) mass is 420 g/mol. The maximum atomic E-state index is 12.8. The predicted molar refractivity (Wildman–Crippen MR) is 113 cm³/mol. The quantitative estimate of drug-likeness (QED) is 0.320. The Labute approximate surface area is 177 Å². The van der Waals surface area contributed by atoms with E-state index in [-0.39, 0.29) is 36.2 Å². The summed E-state index contributed by atoms with van der Waals surface area (Å²) in [4.78, 5) is 46.9. The molecule has 0 aliphatic rings. The fraction of sp³-hybridized carbons (Fsp3) is 0.524. The van der Waals surface area contributed by atoms with E-state index in [2.05, 4.69) is 16.0 Å². The number of primary amides is 1. The minimum Gasteiger partial charge on any atom is -0.461 e. The first-order valence-corrected chi connectivity index (χ1v) is 9.97. The lowest BCUT2D eigenvalue weighted by molar-refractivity contribution is -0.142. The van der Waals surface area contributed by atoms with Crippen LogP contribution in [0.4, 0.5) is 10.5 Å². The van der Waals surface area contributed by atoms with Crippen molar-refractivity contribution < 1.29 is 23.9 Å². The van der Waals surface area contributed by atoms with Crippen LogP contribution >= 0.6 is 0 Å². The van der Waals surface area contributed by atoms with Crippen LogP contribution in [0.15, 0.2) is 24.3 Å². The number of carbonyl (C=O) groups is 4. The molecule has 4 amide bonds. The van der Waals surface area contributed by atoms with Gasteiger partial charge in [-0.25, -0.2) is 4.79 Å². The second kappa shape index (κ2) is 12.5. The molecule has 0 aliphatic heterocycles. The van der Waals surface area contributed by atoms with E-state index < -0.39 is 12.1 Å². The number of amides is 4. The summed E-state index contributed by atoms with van der Waals surface area (Å²) in [5.41, 5.74) is 6.39. The normalized spacial score (nSPS) is 12.6. The number of nitrogens with two attached hydrogens (primary N) is 1. The molecule has 0 unspecified atom stereocenters. The topological polar surface area (TPSA) is 140 Å². The van der Waals surface area contributed by atoms with Crippen LogP contribution in [0.2, 0.25) is 0 Å². The van der Waals surface area contributed by atoms with Gasteiger partial charge in [0, 0.05) is 25.1 Å². The van der Waals surface area contributed by atoms with E-state index in [4.69, 9.17) is 10.5 Å². The van der Waals surface area contributed by atoms with Gasteiger partial charge in [-0.3, -0.25) is 14.4 Å². The molecule has 0 saturated heterocycles. The number of rotatable bonds is 11. The molecule has 0 heterocycles. The zero-order valence-electron chi connectivity index (χ0n) is 18.0. The molecule has 1 aromatic rings. The molecule has 0 aliphatic carbocycles. The lowest BCUT2D eigenvalue weighted by Crippen LogP contribution is -2.46. The average molecular weight is 421 g/mol. The third kappa shape index (κ3) is 9.40. The van der Waals surface area contributed by atoms with Crippen molar-refractivity contribution in [2.24, 2.45) is 17.6 Å². The minimum atomic E-state index is -0.755. The number of benzene rings is 1. The molecule has 30 heavy (non-hydrogen) atoms. The second-order valence-corrected chi connectivity index (χ2v) is 7.49. The largest absolute Gasteiger partial charge is 0.461 e. The molecule has 0 bridgehead atoms. The van der Waals surface area contributed by atoms with Crippen LogP contribution < -0.4 is 21.7 Å². The second-order valence-electron chi connectivity index (χ2n) is 7.49. The summed E-state index contributed by atoms with van der Waals surface area (Å²) in [6.45, 7) is 7.48. The number of ether oxygens (including phenoxy) is 1. The summed E-state index contributed by atoms with van der Waals surface area (Å²) in [7, 11) is 0. The Balaban J connectivity index is 2.75. The fourth-order valence-electron chi connectivity index (χ4n) is 2.49. The van der Waals surface area contributed by atoms with E-state index in [1.54, 1.807) is 24.3 Å². The van der Waals surface area contributed by atoms with Crippen LogP contribution in [0.1, 0.15) is 46.1 Å². The van der Waals surface area contributed by atoms with Gasteiger partial charge >= 0.3 is 12.0 Å². The van der Waals surface area contributed by atoms with Crippen LogP contribution in [0.5, 0.6) is 0 Å². The number of hydrogen-bond donors (Lipinski definition) is 4. The van der Waals surface area contributed by atoms with E-state index in [1.807, 2.05) is 20.8 Å². The molecule has 1 rings (SSSR count). The van der Waals surface area contributed by atoms with Gasteiger partial charge in [-0.2, -0.15) is 0 Å². The van der Waals surface area contributed by atoms with Crippen molar-refractivity contribution >= 4 is 29.5 Å². The van der Waals surface area contributed by atoms with E-state index in [0.29, 0.717) is 25.1 Å². The average Bonchev–Trinajstić information content (AvgIpc) is 2.68. The number of carbonyl (C=O) groups excluding carboxylic acids is 4. The van der Waals surface area contributed by atoms with Crippen LogP contribution in [0.3, 0.4) is 0 Å². The summed E-state index contributed by atoms with van der Waals surface area (Å²) >= 11 is 0. The van der Waals surface area contributed by atoms with E-state index in [0.717, 1.165) is 5.56 Å². The molecule has 0 fully saturated rings. The highest BCUT2D eigenvalue weighted by molar-refractivity contribution is 5.97. The molecule has 0 spiro atoms. The summed E-state index contributed by atoms with van der Waals surface area (Å²) in [6.07, 6.45) is 0.811. The van der Waals surface area contributed by atoms with Gasteiger partial charge in [0.05, 0.1) is 0 Å². The molecule has 0 saturated carbocycles. The van der Waals surface area contributed by atoms with Gasteiger partial charge < -0.3 is 26.4 Å². The highest BCUT2D eigenvalue weighted by Gasteiger charge is 2.24. The van der Waals surface area contributed by atoms with Crippen molar-refractivity contribution in [3.63, 3.8) is 0 Å². The first-order valence-electron chi connectivity index (χ1n) is 9.97. The first-order chi connectivity index (χ1) is 14.1. The Morgan fingerprint density at radius 2 is 1.67 bits per heavy atom. The molecule has 1 aromatic carbocycles. The number of urea groups is 1. The third-order valence-corrected chi connectivity index (χ3v) is 4.68. The van der Waals surface area contributed by atoms with Gasteiger partial charge in [0.2, 0.25) is 11.8 Å². The van der Waals surface area contributed by atoms with E-state index >= 15 is 0 Å². The number of anilines is 1. The molecular weight excluding hydrogens is 388 g/mol. The van der Waals surface area contributed by atoms with Gasteiger partial charge in [0.15, 0.2) is 0 Å². The molecule has 9 nitrogen and oxygen atoms in total. The number of esters is 1. The van der Waals surface area contributed by atoms with E-state index in [1.165, 1.54) is 6.92 Å². The van der Waals surface area contributed by atoms with Crippen molar-refractivity contribution in [2.75, 3.05) is 11.9 Å².